The number of pyridine rings is 1. The lowest BCUT2D eigenvalue weighted by molar-refractivity contribution is 0.0292. The smallest absolute Gasteiger partial charge is 0.101 e. The number of aromatic nitrogens is 1. The van der Waals surface area contributed by atoms with Crippen molar-refractivity contribution >= 4 is 16.6 Å². The Hall–Kier alpha value is -2.98. The molecular formula is C30H35N5O. The van der Waals surface area contributed by atoms with Crippen LogP contribution in [-0.2, 0) is 11.2 Å². The molecule has 6 rings (SSSR count). The summed E-state index contributed by atoms with van der Waals surface area (Å²) in [6, 6.07) is 20.8. The Morgan fingerprint density at radius 1 is 1.14 bits per heavy atom. The van der Waals surface area contributed by atoms with Gasteiger partial charge < -0.3 is 15.0 Å². The largest absolute Gasteiger partial charge is 0.375 e. The van der Waals surface area contributed by atoms with Gasteiger partial charge in [-0.05, 0) is 74.0 Å². The van der Waals surface area contributed by atoms with Gasteiger partial charge in [0.05, 0.1) is 23.8 Å². The molecular weight excluding hydrogens is 446 g/mol. The Balaban J connectivity index is 1.18. The summed E-state index contributed by atoms with van der Waals surface area (Å²) < 4.78 is 5.89. The van der Waals surface area contributed by atoms with Crippen molar-refractivity contribution in [3.05, 3.63) is 71.4 Å². The average Bonchev–Trinajstić information content (AvgIpc) is 2.93. The molecule has 0 saturated carbocycles. The highest BCUT2D eigenvalue weighted by atomic mass is 16.5. The molecule has 186 valence electrons. The number of morpholine rings is 1. The molecule has 0 spiro atoms. The molecule has 2 aromatic carbocycles. The third-order valence-corrected chi connectivity index (χ3v) is 8.37. The molecule has 0 bridgehead atoms. The molecule has 0 aliphatic carbocycles. The number of hydrogen-bond acceptors (Lipinski definition) is 6. The minimum absolute atomic E-state index is 0.288. The van der Waals surface area contributed by atoms with Gasteiger partial charge in [-0.1, -0.05) is 24.3 Å². The van der Waals surface area contributed by atoms with E-state index in [0.717, 1.165) is 56.7 Å². The summed E-state index contributed by atoms with van der Waals surface area (Å²) in [4.78, 5) is 9.78. The number of rotatable bonds is 4. The first-order valence-electron chi connectivity index (χ1n) is 13.4. The highest BCUT2D eigenvalue weighted by Crippen LogP contribution is 2.37. The van der Waals surface area contributed by atoms with Crippen molar-refractivity contribution in [2.45, 2.75) is 50.3 Å². The second-order valence-corrected chi connectivity index (χ2v) is 10.7. The Labute approximate surface area is 213 Å². The highest BCUT2D eigenvalue weighted by Gasteiger charge is 2.37. The molecule has 3 fully saturated rings. The van der Waals surface area contributed by atoms with Crippen LogP contribution >= 0.6 is 0 Å². The maximum Gasteiger partial charge on any atom is 0.101 e. The lowest BCUT2D eigenvalue weighted by atomic mass is 9.83. The number of nitriles is 1. The molecule has 3 aliphatic heterocycles. The second-order valence-electron chi connectivity index (χ2n) is 10.7. The number of nitrogens with one attached hydrogen (secondary N) is 1. The summed E-state index contributed by atoms with van der Waals surface area (Å²) in [6.07, 6.45) is 5.45. The fourth-order valence-electron chi connectivity index (χ4n) is 6.54. The summed E-state index contributed by atoms with van der Waals surface area (Å²) in [6.45, 7) is 8.26. The van der Waals surface area contributed by atoms with E-state index in [9.17, 15) is 5.26 Å². The summed E-state index contributed by atoms with van der Waals surface area (Å²) >= 11 is 0. The van der Waals surface area contributed by atoms with E-state index in [1.54, 1.807) is 6.20 Å². The first-order valence-corrected chi connectivity index (χ1v) is 13.4. The van der Waals surface area contributed by atoms with Crippen molar-refractivity contribution in [2.24, 2.45) is 0 Å². The molecule has 4 heterocycles. The zero-order valence-corrected chi connectivity index (χ0v) is 21.1. The summed E-state index contributed by atoms with van der Waals surface area (Å²) in [5, 5.41) is 14.1. The van der Waals surface area contributed by atoms with Crippen molar-refractivity contribution in [3.63, 3.8) is 0 Å². The van der Waals surface area contributed by atoms with E-state index in [0.29, 0.717) is 23.6 Å². The van der Waals surface area contributed by atoms with Gasteiger partial charge in [-0.15, -0.1) is 0 Å². The summed E-state index contributed by atoms with van der Waals surface area (Å²) in [5.74, 6) is 0.597. The lowest BCUT2D eigenvalue weighted by Gasteiger charge is -2.50. The summed E-state index contributed by atoms with van der Waals surface area (Å²) in [7, 11) is 0. The molecule has 0 radical (unpaired) electrons. The average molecular weight is 482 g/mol. The van der Waals surface area contributed by atoms with Crippen LogP contribution in [0.3, 0.4) is 0 Å². The van der Waals surface area contributed by atoms with Crippen LogP contribution in [0.4, 0.5) is 5.69 Å². The van der Waals surface area contributed by atoms with Gasteiger partial charge in [0.1, 0.15) is 6.07 Å². The lowest BCUT2D eigenvalue weighted by Crippen LogP contribution is -2.60. The van der Waals surface area contributed by atoms with Crippen LogP contribution in [0.1, 0.15) is 42.4 Å². The van der Waals surface area contributed by atoms with Crippen LogP contribution in [0.5, 0.6) is 0 Å². The van der Waals surface area contributed by atoms with Crippen LogP contribution in [-0.4, -0.2) is 67.4 Å². The van der Waals surface area contributed by atoms with Gasteiger partial charge in [0.2, 0.25) is 0 Å². The molecule has 1 N–H and O–H groups in total. The molecule has 0 unspecified atom stereocenters. The minimum atomic E-state index is 0.288. The zero-order chi connectivity index (χ0) is 24.5. The third-order valence-electron chi connectivity index (χ3n) is 8.37. The predicted molar refractivity (Wildman–Crippen MR) is 143 cm³/mol. The molecule has 6 heteroatoms. The van der Waals surface area contributed by atoms with Crippen LogP contribution in [0.2, 0.25) is 0 Å². The molecule has 3 aromatic rings. The van der Waals surface area contributed by atoms with Gasteiger partial charge in [-0.25, -0.2) is 0 Å². The van der Waals surface area contributed by atoms with Crippen LogP contribution < -0.4 is 10.2 Å². The molecule has 6 nitrogen and oxygen atoms in total. The normalized spacial score (nSPS) is 26.9. The van der Waals surface area contributed by atoms with Crippen LogP contribution in [0.15, 0.2) is 54.7 Å². The predicted octanol–water partition coefficient (Wildman–Crippen LogP) is 4.09. The molecule has 3 saturated heterocycles. The topological polar surface area (TPSA) is 64.4 Å². The maximum absolute atomic E-state index is 9.55. The van der Waals surface area contributed by atoms with E-state index >= 15 is 0 Å². The number of hydrogen-bond donors (Lipinski definition) is 1. The Bertz CT molecular complexity index is 1250. The van der Waals surface area contributed by atoms with E-state index in [4.69, 9.17) is 4.74 Å². The quantitative estimate of drug-likeness (QED) is 0.606. The third kappa shape index (κ3) is 4.59. The highest BCUT2D eigenvalue weighted by molar-refractivity contribution is 5.95. The number of nitrogens with zero attached hydrogens (tertiary/aromatic N) is 4. The molecule has 36 heavy (non-hydrogen) atoms. The fourth-order valence-corrected chi connectivity index (χ4v) is 6.54. The van der Waals surface area contributed by atoms with Gasteiger partial charge in [0, 0.05) is 55.5 Å². The van der Waals surface area contributed by atoms with E-state index in [2.05, 4.69) is 69.5 Å². The van der Waals surface area contributed by atoms with E-state index < -0.39 is 0 Å². The van der Waals surface area contributed by atoms with Gasteiger partial charge in [0.25, 0.3) is 0 Å². The maximum atomic E-state index is 9.55. The van der Waals surface area contributed by atoms with Gasteiger partial charge in [-0.2, -0.15) is 5.26 Å². The standard InChI is InChI=1S/C30H35N5O/c1-21-19-34(29-9-8-25(17-31)30-28(29)3-2-11-33-30)20-26-16-24(10-13-35(21)26)23-6-4-22(5-7-23)15-27-18-32-12-14-36-27/h2-9,11,21,24,26-27,32H,10,12-16,18-20H2,1H3/t21-,24-,26+,27-/m1/s1. The molecule has 1 aromatic heterocycles. The van der Waals surface area contributed by atoms with Gasteiger partial charge in [-0.3, -0.25) is 9.88 Å². The van der Waals surface area contributed by atoms with Crippen molar-refractivity contribution < 1.29 is 4.74 Å². The number of piperazine rings is 1. The second kappa shape index (κ2) is 10.2. The van der Waals surface area contributed by atoms with Crippen molar-refractivity contribution in [1.82, 2.24) is 15.2 Å². The molecule has 4 atom stereocenters. The van der Waals surface area contributed by atoms with Crippen LogP contribution in [0.25, 0.3) is 10.9 Å². The molecule has 0 amide bonds. The van der Waals surface area contributed by atoms with Crippen molar-refractivity contribution in [3.8, 4) is 6.07 Å². The summed E-state index contributed by atoms with van der Waals surface area (Å²) in [5.41, 5.74) is 5.49. The molecule has 3 aliphatic rings. The first-order chi connectivity index (χ1) is 17.7. The monoisotopic (exact) mass is 481 g/mol. The Morgan fingerprint density at radius 3 is 2.83 bits per heavy atom. The Morgan fingerprint density at radius 2 is 2.03 bits per heavy atom. The van der Waals surface area contributed by atoms with Crippen molar-refractivity contribution in [2.75, 3.05) is 44.2 Å². The number of benzene rings is 2. The van der Waals surface area contributed by atoms with Crippen molar-refractivity contribution in [1.29, 1.82) is 5.26 Å². The zero-order valence-electron chi connectivity index (χ0n) is 21.1. The first kappa shape index (κ1) is 23.4. The van der Waals surface area contributed by atoms with E-state index in [1.165, 1.54) is 29.7 Å². The number of piperidine rings is 1. The van der Waals surface area contributed by atoms with Gasteiger partial charge in [0.15, 0.2) is 0 Å². The Kier molecular flexibility index (Phi) is 6.62. The van der Waals surface area contributed by atoms with Gasteiger partial charge >= 0.3 is 0 Å². The van der Waals surface area contributed by atoms with E-state index in [1.807, 2.05) is 12.1 Å². The number of ether oxygens (including phenoxy) is 1. The van der Waals surface area contributed by atoms with E-state index in [-0.39, 0.29) is 6.10 Å². The SMILES string of the molecule is C[C@@H]1CN(c2ccc(C#N)c3ncccc23)C[C@@H]2C[C@H](c3ccc(C[C@@H]4CNCCO4)cc3)CCN21. The number of fused-ring (bicyclic) bond motifs is 2. The fraction of sp³-hybridized carbons (Fsp3) is 0.467. The number of anilines is 1. The van der Waals surface area contributed by atoms with Crippen LogP contribution in [0, 0.1) is 11.3 Å². The minimum Gasteiger partial charge on any atom is -0.375 e.